The van der Waals surface area contributed by atoms with Crippen molar-refractivity contribution >= 4 is 10.8 Å². The first kappa shape index (κ1) is 16.6. The van der Waals surface area contributed by atoms with Crippen LogP contribution in [0.1, 0.15) is 11.1 Å². The van der Waals surface area contributed by atoms with Gasteiger partial charge in [0.25, 0.3) is 0 Å². The molecule has 0 aliphatic carbocycles. The molecule has 3 aromatic carbocycles. The minimum atomic E-state index is -0.565. The molecule has 2 nitrogen and oxygen atoms in total. The summed E-state index contributed by atoms with van der Waals surface area (Å²) >= 11 is 0. The first-order chi connectivity index (χ1) is 11.7. The van der Waals surface area contributed by atoms with E-state index >= 15 is 0 Å². The second-order valence-corrected chi connectivity index (χ2v) is 5.93. The van der Waals surface area contributed by atoms with E-state index in [1.807, 2.05) is 18.2 Å². The Bertz CT molecular complexity index is 807. The summed E-state index contributed by atoms with van der Waals surface area (Å²) in [6.07, 6.45) is 0.760. The van der Waals surface area contributed by atoms with Gasteiger partial charge in [0.05, 0.1) is 0 Å². The largest absolute Gasteiger partial charge is 0.329 e. The zero-order valence-electron chi connectivity index (χ0n) is 13.3. The number of rotatable bonds is 6. The van der Waals surface area contributed by atoms with Crippen molar-refractivity contribution in [2.24, 2.45) is 5.73 Å². The molecule has 0 amide bonds. The van der Waals surface area contributed by atoms with Crippen LogP contribution in [0.2, 0.25) is 0 Å². The third-order valence-corrected chi connectivity index (χ3v) is 4.15. The number of nitrogens with two attached hydrogens (primary N) is 1. The van der Waals surface area contributed by atoms with Crippen LogP contribution in [0.25, 0.3) is 10.8 Å². The normalized spacial score (nSPS) is 12.5. The van der Waals surface area contributed by atoms with Crippen LogP contribution in [-0.2, 0) is 13.0 Å². The Labute approximate surface area is 140 Å². The van der Waals surface area contributed by atoms with E-state index in [1.165, 1.54) is 28.5 Å². The average Bonchev–Trinajstić information content (AvgIpc) is 2.58. The minimum absolute atomic E-state index is 0.0298. The van der Waals surface area contributed by atoms with E-state index < -0.39 is 11.6 Å². The average molecular weight is 326 g/mol. The summed E-state index contributed by atoms with van der Waals surface area (Å²) in [6, 6.07) is 18.0. The number of fused-ring (bicyclic) bond motifs is 1. The number of benzene rings is 3. The van der Waals surface area contributed by atoms with E-state index in [0.29, 0.717) is 18.7 Å². The van der Waals surface area contributed by atoms with Crippen molar-refractivity contribution in [3.63, 3.8) is 0 Å². The topological polar surface area (TPSA) is 38.0 Å². The van der Waals surface area contributed by atoms with Gasteiger partial charge in [-0.2, -0.15) is 0 Å². The van der Waals surface area contributed by atoms with Crippen molar-refractivity contribution in [3.05, 3.63) is 83.4 Å². The van der Waals surface area contributed by atoms with Gasteiger partial charge in [-0.25, -0.2) is 8.78 Å². The molecule has 124 valence electrons. The van der Waals surface area contributed by atoms with Gasteiger partial charge in [-0.15, -0.1) is 0 Å². The fourth-order valence-electron chi connectivity index (χ4n) is 2.95. The predicted molar refractivity (Wildman–Crippen MR) is 93.7 cm³/mol. The maximum Gasteiger partial charge on any atom is 0.126 e. The Hall–Kier alpha value is -2.30. The Morgan fingerprint density at radius 2 is 1.62 bits per heavy atom. The van der Waals surface area contributed by atoms with Crippen molar-refractivity contribution in [1.29, 1.82) is 0 Å². The second kappa shape index (κ2) is 7.51. The van der Waals surface area contributed by atoms with Gasteiger partial charge in [-0.05, 0) is 40.5 Å². The van der Waals surface area contributed by atoms with Crippen LogP contribution in [0, 0.1) is 11.6 Å². The third kappa shape index (κ3) is 3.96. The van der Waals surface area contributed by atoms with Gasteiger partial charge in [-0.3, -0.25) is 0 Å². The summed E-state index contributed by atoms with van der Waals surface area (Å²) in [6.45, 7) is 0.822. The summed E-state index contributed by atoms with van der Waals surface area (Å²) in [5.74, 6) is -1.13. The molecule has 0 heterocycles. The SMILES string of the molecule is NCC(Cc1cccc2ccccc12)NCc1cc(F)cc(F)c1. The molecule has 1 atom stereocenters. The summed E-state index contributed by atoms with van der Waals surface area (Å²) in [5, 5.41) is 5.69. The molecule has 4 heteroatoms. The van der Waals surface area contributed by atoms with E-state index in [4.69, 9.17) is 5.73 Å². The van der Waals surface area contributed by atoms with Crippen molar-refractivity contribution in [2.45, 2.75) is 19.0 Å². The summed E-state index contributed by atoms with van der Waals surface area (Å²) in [5.41, 5.74) is 7.66. The summed E-state index contributed by atoms with van der Waals surface area (Å²) in [4.78, 5) is 0. The van der Waals surface area contributed by atoms with E-state index in [2.05, 4.69) is 29.6 Å². The maximum atomic E-state index is 13.3. The number of hydrogen-bond donors (Lipinski definition) is 2. The molecule has 0 aliphatic heterocycles. The standard InChI is InChI=1S/C20H20F2N2/c21-17-8-14(9-18(22)11-17)13-24-19(12-23)10-16-6-3-5-15-4-1-2-7-20(15)16/h1-9,11,19,24H,10,12-13,23H2. The van der Waals surface area contributed by atoms with Crippen LogP contribution >= 0.6 is 0 Å². The molecule has 0 saturated carbocycles. The first-order valence-corrected chi connectivity index (χ1v) is 8.01. The van der Waals surface area contributed by atoms with Gasteiger partial charge < -0.3 is 11.1 Å². The zero-order chi connectivity index (χ0) is 16.9. The second-order valence-electron chi connectivity index (χ2n) is 5.93. The van der Waals surface area contributed by atoms with Crippen molar-refractivity contribution in [3.8, 4) is 0 Å². The van der Waals surface area contributed by atoms with Crippen LogP contribution in [0.4, 0.5) is 8.78 Å². The number of halogens is 2. The van der Waals surface area contributed by atoms with Gasteiger partial charge in [0.2, 0.25) is 0 Å². The highest BCUT2D eigenvalue weighted by atomic mass is 19.1. The van der Waals surface area contributed by atoms with Gasteiger partial charge >= 0.3 is 0 Å². The molecular weight excluding hydrogens is 306 g/mol. The molecule has 1 unspecified atom stereocenters. The molecule has 0 aliphatic rings. The van der Waals surface area contributed by atoms with Crippen molar-refractivity contribution in [2.75, 3.05) is 6.54 Å². The Balaban J connectivity index is 1.72. The van der Waals surface area contributed by atoms with Crippen LogP contribution in [0.5, 0.6) is 0 Å². The molecule has 0 saturated heterocycles. The lowest BCUT2D eigenvalue weighted by Crippen LogP contribution is -2.37. The van der Waals surface area contributed by atoms with Crippen molar-refractivity contribution < 1.29 is 8.78 Å². The lowest BCUT2D eigenvalue weighted by atomic mass is 9.98. The molecule has 24 heavy (non-hydrogen) atoms. The first-order valence-electron chi connectivity index (χ1n) is 8.01. The van der Waals surface area contributed by atoms with Gasteiger partial charge in [0, 0.05) is 25.2 Å². The monoisotopic (exact) mass is 326 g/mol. The molecule has 0 radical (unpaired) electrons. The van der Waals surface area contributed by atoms with Gasteiger partial charge in [0.15, 0.2) is 0 Å². The van der Waals surface area contributed by atoms with Crippen LogP contribution in [0.3, 0.4) is 0 Å². The minimum Gasteiger partial charge on any atom is -0.329 e. The molecule has 3 N–H and O–H groups in total. The van der Waals surface area contributed by atoms with Gasteiger partial charge in [-0.1, -0.05) is 42.5 Å². The Morgan fingerprint density at radius 3 is 2.38 bits per heavy atom. The number of nitrogens with one attached hydrogen (secondary N) is 1. The van der Waals surface area contributed by atoms with E-state index in [0.717, 1.165) is 12.5 Å². The van der Waals surface area contributed by atoms with Crippen LogP contribution in [-0.4, -0.2) is 12.6 Å². The van der Waals surface area contributed by atoms with Gasteiger partial charge in [0.1, 0.15) is 11.6 Å². The molecule has 0 fully saturated rings. The molecule has 3 aromatic rings. The maximum absolute atomic E-state index is 13.3. The molecule has 0 aromatic heterocycles. The highest BCUT2D eigenvalue weighted by Gasteiger charge is 2.10. The zero-order valence-corrected chi connectivity index (χ0v) is 13.3. The Morgan fingerprint density at radius 1 is 0.917 bits per heavy atom. The fourth-order valence-corrected chi connectivity index (χ4v) is 2.95. The quantitative estimate of drug-likeness (QED) is 0.723. The molecule has 0 spiro atoms. The molecule has 0 bridgehead atoms. The molecular formula is C20H20F2N2. The molecule has 3 rings (SSSR count). The van der Waals surface area contributed by atoms with E-state index in [-0.39, 0.29) is 6.04 Å². The van der Waals surface area contributed by atoms with E-state index in [9.17, 15) is 8.78 Å². The third-order valence-electron chi connectivity index (χ3n) is 4.15. The smallest absolute Gasteiger partial charge is 0.126 e. The summed E-state index contributed by atoms with van der Waals surface area (Å²) in [7, 11) is 0. The lowest BCUT2D eigenvalue weighted by Gasteiger charge is -2.18. The fraction of sp³-hybridized carbons (Fsp3) is 0.200. The Kier molecular flexibility index (Phi) is 5.18. The van der Waals surface area contributed by atoms with E-state index in [1.54, 1.807) is 0 Å². The van der Waals surface area contributed by atoms with Crippen LogP contribution in [0.15, 0.2) is 60.7 Å². The predicted octanol–water partition coefficient (Wildman–Crippen LogP) is 3.78. The number of hydrogen-bond acceptors (Lipinski definition) is 2. The van der Waals surface area contributed by atoms with Crippen molar-refractivity contribution in [1.82, 2.24) is 5.32 Å². The highest BCUT2D eigenvalue weighted by molar-refractivity contribution is 5.85. The summed E-state index contributed by atoms with van der Waals surface area (Å²) < 4.78 is 26.5. The highest BCUT2D eigenvalue weighted by Crippen LogP contribution is 2.20. The lowest BCUT2D eigenvalue weighted by molar-refractivity contribution is 0.511. The van der Waals surface area contributed by atoms with Crippen LogP contribution < -0.4 is 11.1 Å².